The SMILES string of the molecule is CC(Sc1ccc(NC(=O)C2CCCCC2)cc1)C(=O)Nc1ccccc1Cl. The van der Waals surface area contributed by atoms with E-state index >= 15 is 0 Å². The zero-order chi connectivity index (χ0) is 19.9. The van der Waals surface area contributed by atoms with Gasteiger partial charge in [-0.2, -0.15) is 0 Å². The van der Waals surface area contributed by atoms with Crippen LogP contribution in [-0.4, -0.2) is 17.1 Å². The number of hydrogen-bond acceptors (Lipinski definition) is 3. The molecule has 6 heteroatoms. The lowest BCUT2D eigenvalue weighted by Crippen LogP contribution is -2.24. The second kappa shape index (κ2) is 9.99. The van der Waals surface area contributed by atoms with Gasteiger partial charge in [0.25, 0.3) is 0 Å². The summed E-state index contributed by atoms with van der Waals surface area (Å²) in [6, 6.07) is 14.8. The molecule has 0 aromatic heterocycles. The Kier molecular flexibility index (Phi) is 7.40. The van der Waals surface area contributed by atoms with Crippen molar-refractivity contribution in [2.24, 2.45) is 5.92 Å². The monoisotopic (exact) mass is 416 g/mol. The standard InChI is InChI=1S/C22H25ClN2O2S/c1-15(21(26)25-20-10-6-5-9-19(20)23)28-18-13-11-17(12-14-18)24-22(27)16-7-3-2-4-8-16/h5-6,9-16H,2-4,7-8H2,1H3,(H,24,27)(H,25,26). The highest BCUT2D eigenvalue weighted by atomic mass is 35.5. The number of carbonyl (C=O) groups is 2. The number of hydrogen-bond donors (Lipinski definition) is 2. The first-order valence-electron chi connectivity index (χ1n) is 9.66. The van der Waals surface area contributed by atoms with Crippen molar-refractivity contribution in [2.75, 3.05) is 10.6 Å². The molecule has 2 aromatic carbocycles. The van der Waals surface area contributed by atoms with E-state index < -0.39 is 0 Å². The van der Waals surface area contributed by atoms with Gasteiger partial charge in [0.05, 0.1) is 16.0 Å². The Morgan fingerprint density at radius 2 is 1.68 bits per heavy atom. The van der Waals surface area contributed by atoms with Crippen molar-refractivity contribution in [3.8, 4) is 0 Å². The minimum atomic E-state index is -0.279. The third kappa shape index (κ3) is 5.76. The summed E-state index contributed by atoms with van der Waals surface area (Å²) in [4.78, 5) is 25.7. The summed E-state index contributed by atoms with van der Waals surface area (Å²) in [6.45, 7) is 1.86. The zero-order valence-electron chi connectivity index (χ0n) is 15.9. The lowest BCUT2D eigenvalue weighted by atomic mass is 9.88. The molecule has 1 aliphatic rings. The molecule has 1 fully saturated rings. The molecule has 0 radical (unpaired) electrons. The van der Waals surface area contributed by atoms with Gasteiger partial charge < -0.3 is 10.6 Å². The van der Waals surface area contributed by atoms with Crippen LogP contribution in [0, 0.1) is 5.92 Å². The Bertz CT molecular complexity index is 820. The molecule has 4 nitrogen and oxygen atoms in total. The first-order valence-corrected chi connectivity index (χ1v) is 10.9. The summed E-state index contributed by atoms with van der Waals surface area (Å²) in [5, 5.41) is 6.11. The molecule has 1 aliphatic carbocycles. The van der Waals surface area contributed by atoms with Gasteiger partial charge in [0.2, 0.25) is 11.8 Å². The van der Waals surface area contributed by atoms with E-state index in [-0.39, 0.29) is 23.0 Å². The molecule has 3 rings (SSSR count). The maximum atomic E-state index is 12.4. The van der Waals surface area contributed by atoms with E-state index in [2.05, 4.69) is 10.6 Å². The minimum absolute atomic E-state index is 0.104. The first kappa shape index (κ1) is 20.7. The number of amides is 2. The fourth-order valence-electron chi connectivity index (χ4n) is 3.28. The Morgan fingerprint density at radius 1 is 1.00 bits per heavy atom. The second-order valence-electron chi connectivity index (χ2n) is 7.08. The predicted molar refractivity (Wildman–Crippen MR) is 117 cm³/mol. The van der Waals surface area contributed by atoms with Crippen molar-refractivity contribution in [2.45, 2.75) is 49.2 Å². The number of carbonyl (C=O) groups excluding carboxylic acids is 2. The van der Waals surface area contributed by atoms with E-state index in [0.29, 0.717) is 10.7 Å². The number of anilines is 2. The Hall–Kier alpha value is -1.98. The zero-order valence-corrected chi connectivity index (χ0v) is 17.5. The highest BCUT2D eigenvalue weighted by Gasteiger charge is 2.21. The van der Waals surface area contributed by atoms with Crippen molar-refractivity contribution < 1.29 is 9.59 Å². The van der Waals surface area contributed by atoms with Crippen molar-refractivity contribution in [1.29, 1.82) is 0 Å². The highest BCUT2D eigenvalue weighted by molar-refractivity contribution is 8.00. The lowest BCUT2D eigenvalue weighted by molar-refractivity contribution is -0.120. The molecule has 28 heavy (non-hydrogen) atoms. The Labute approximate surface area is 175 Å². The third-order valence-corrected chi connectivity index (χ3v) is 6.35. The van der Waals surface area contributed by atoms with Gasteiger partial charge in [-0.1, -0.05) is 43.0 Å². The summed E-state index contributed by atoms with van der Waals surface area (Å²) in [5.41, 5.74) is 1.41. The Balaban J connectivity index is 1.52. The largest absolute Gasteiger partial charge is 0.326 e. The molecular formula is C22H25ClN2O2S. The van der Waals surface area contributed by atoms with Crippen LogP contribution >= 0.6 is 23.4 Å². The summed E-state index contributed by atoms with van der Waals surface area (Å²) in [7, 11) is 0. The van der Waals surface area contributed by atoms with Crippen LogP contribution in [0.5, 0.6) is 0 Å². The second-order valence-corrected chi connectivity index (χ2v) is 8.90. The van der Waals surface area contributed by atoms with Crippen molar-refractivity contribution in [3.63, 3.8) is 0 Å². The maximum Gasteiger partial charge on any atom is 0.237 e. The number of benzene rings is 2. The number of para-hydroxylation sites is 1. The van der Waals surface area contributed by atoms with Crippen LogP contribution in [0.15, 0.2) is 53.4 Å². The summed E-state index contributed by atoms with van der Waals surface area (Å²) >= 11 is 7.56. The van der Waals surface area contributed by atoms with Crippen LogP contribution in [0.25, 0.3) is 0 Å². The number of thioether (sulfide) groups is 1. The van der Waals surface area contributed by atoms with E-state index in [4.69, 9.17) is 11.6 Å². The van der Waals surface area contributed by atoms with Gasteiger partial charge in [-0.15, -0.1) is 11.8 Å². The smallest absolute Gasteiger partial charge is 0.237 e. The van der Waals surface area contributed by atoms with Crippen molar-refractivity contribution in [3.05, 3.63) is 53.6 Å². The van der Waals surface area contributed by atoms with Gasteiger partial charge in [-0.05, 0) is 56.2 Å². The Morgan fingerprint density at radius 3 is 2.36 bits per heavy atom. The first-order chi connectivity index (χ1) is 13.5. The normalized spacial score (nSPS) is 15.6. The van der Waals surface area contributed by atoms with Gasteiger partial charge in [0.1, 0.15) is 0 Å². The molecule has 1 unspecified atom stereocenters. The minimum Gasteiger partial charge on any atom is -0.326 e. The number of nitrogens with one attached hydrogen (secondary N) is 2. The van der Waals surface area contributed by atoms with Crippen LogP contribution in [0.4, 0.5) is 11.4 Å². The molecule has 148 valence electrons. The number of halogens is 1. The molecule has 2 aromatic rings. The van der Waals surface area contributed by atoms with E-state index in [9.17, 15) is 9.59 Å². The molecule has 0 saturated heterocycles. The van der Waals surface area contributed by atoms with E-state index in [1.54, 1.807) is 12.1 Å². The molecule has 2 N–H and O–H groups in total. The topological polar surface area (TPSA) is 58.2 Å². The summed E-state index contributed by atoms with van der Waals surface area (Å²) in [6.07, 6.45) is 5.48. The number of rotatable bonds is 6. The molecule has 0 aliphatic heterocycles. The van der Waals surface area contributed by atoms with Gasteiger partial charge in [0.15, 0.2) is 0 Å². The molecule has 2 amide bonds. The fraction of sp³-hybridized carbons (Fsp3) is 0.364. The quantitative estimate of drug-likeness (QED) is 0.569. The average Bonchev–Trinajstić information content (AvgIpc) is 2.71. The van der Waals surface area contributed by atoms with Gasteiger partial charge >= 0.3 is 0 Å². The molecule has 0 heterocycles. The molecular weight excluding hydrogens is 392 g/mol. The van der Waals surface area contributed by atoms with Crippen molar-refractivity contribution >= 4 is 46.6 Å². The average molecular weight is 417 g/mol. The van der Waals surface area contributed by atoms with Gasteiger partial charge in [-0.25, -0.2) is 0 Å². The third-order valence-electron chi connectivity index (χ3n) is 4.91. The van der Waals surface area contributed by atoms with Gasteiger partial charge in [-0.3, -0.25) is 9.59 Å². The fourth-order valence-corrected chi connectivity index (χ4v) is 4.33. The molecule has 0 spiro atoms. The summed E-state index contributed by atoms with van der Waals surface area (Å²) < 4.78 is 0. The van der Waals surface area contributed by atoms with E-state index in [1.807, 2.05) is 43.3 Å². The van der Waals surface area contributed by atoms with Crippen molar-refractivity contribution in [1.82, 2.24) is 0 Å². The predicted octanol–water partition coefficient (Wildman–Crippen LogP) is 5.98. The molecule has 0 bridgehead atoms. The van der Waals surface area contributed by atoms with E-state index in [0.717, 1.165) is 36.3 Å². The van der Waals surface area contributed by atoms with Crippen LogP contribution in [-0.2, 0) is 9.59 Å². The van der Waals surface area contributed by atoms with Crippen LogP contribution in [0.2, 0.25) is 5.02 Å². The van der Waals surface area contributed by atoms with Crippen LogP contribution < -0.4 is 10.6 Å². The summed E-state index contributed by atoms with van der Waals surface area (Å²) in [5.74, 6) is 0.150. The van der Waals surface area contributed by atoms with Crippen LogP contribution in [0.3, 0.4) is 0 Å². The lowest BCUT2D eigenvalue weighted by Gasteiger charge is -2.20. The maximum absolute atomic E-state index is 12.4. The molecule has 1 saturated carbocycles. The van der Waals surface area contributed by atoms with E-state index in [1.165, 1.54) is 18.2 Å². The van der Waals surface area contributed by atoms with Crippen LogP contribution in [0.1, 0.15) is 39.0 Å². The molecule has 1 atom stereocenters. The van der Waals surface area contributed by atoms with Gasteiger partial charge in [0, 0.05) is 16.5 Å². The highest BCUT2D eigenvalue weighted by Crippen LogP contribution is 2.28.